The van der Waals surface area contributed by atoms with Crippen molar-refractivity contribution in [2.75, 3.05) is 5.32 Å². The molecule has 0 aliphatic carbocycles. The van der Waals surface area contributed by atoms with E-state index in [1.807, 2.05) is 67.1 Å². The lowest BCUT2D eigenvalue weighted by Crippen LogP contribution is -2.13. The van der Waals surface area contributed by atoms with Crippen molar-refractivity contribution in [3.8, 4) is 0 Å². The van der Waals surface area contributed by atoms with Crippen molar-refractivity contribution in [1.82, 2.24) is 9.78 Å². The van der Waals surface area contributed by atoms with Crippen molar-refractivity contribution in [3.63, 3.8) is 0 Å². The monoisotopic (exact) mass is 367 g/mol. The van der Waals surface area contributed by atoms with Crippen molar-refractivity contribution >= 4 is 23.2 Å². The van der Waals surface area contributed by atoms with E-state index in [1.54, 1.807) is 0 Å². The third kappa shape index (κ3) is 3.81. The molecule has 0 aliphatic heterocycles. The van der Waals surface area contributed by atoms with Gasteiger partial charge in [-0.2, -0.15) is 5.10 Å². The van der Waals surface area contributed by atoms with Gasteiger partial charge in [-0.25, -0.2) is 0 Å². The van der Waals surface area contributed by atoms with Gasteiger partial charge in [0.05, 0.1) is 23.6 Å². The van der Waals surface area contributed by atoms with E-state index < -0.39 is 0 Å². The SMILES string of the molecule is CCc1ccc(C(=O)Nc2c(C)nn(Cc3ccccc3Cl)c2C)cc1. The normalized spacial score (nSPS) is 10.8. The largest absolute Gasteiger partial charge is 0.319 e. The lowest BCUT2D eigenvalue weighted by molar-refractivity contribution is 0.102. The van der Waals surface area contributed by atoms with Crippen LogP contribution in [-0.4, -0.2) is 15.7 Å². The third-order valence-electron chi connectivity index (χ3n) is 4.52. The van der Waals surface area contributed by atoms with Gasteiger partial charge in [0.1, 0.15) is 0 Å². The van der Waals surface area contributed by atoms with E-state index in [2.05, 4.69) is 17.3 Å². The van der Waals surface area contributed by atoms with Crippen LogP contribution in [0, 0.1) is 13.8 Å². The number of aryl methyl sites for hydroxylation is 2. The number of nitrogens with zero attached hydrogens (tertiary/aromatic N) is 2. The predicted octanol–water partition coefficient (Wildman–Crippen LogP) is 5.02. The number of nitrogens with one attached hydrogen (secondary N) is 1. The smallest absolute Gasteiger partial charge is 0.255 e. The first-order valence-electron chi connectivity index (χ1n) is 8.67. The van der Waals surface area contributed by atoms with E-state index in [0.717, 1.165) is 29.1 Å². The molecule has 1 aromatic heterocycles. The molecule has 0 unspecified atom stereocenters. The molecule has 0 bridgehead atoms. The van der Waals surface area contributed by atoms with E-state index in [9.17, 15) is 4.79 Å². The minimum absolute atomic E-state index is 0.129. The molecule has 0 saturated carbocycles. The molecule has 0 saturated heterocycles. The second kappa shape index (κ2) is 7.75. The van der Waals surface area contributed by atoms with Crippen LogP contribution in [0.5, 0.6) is 0 Å². The molecule has 0 atom stereocenters. The van der Waals surface area contributed by atoms with Gasteiger partial charge in [0, 0.05) is 10.6 Å². The molecule has 26 heavy (non-hydrogen) atoms. The fraction of sp³-hybridized carbons (Fsp3) is 0.238. The number of carbonyl (C=O) groups excluding carboxylic acids is 1. The Balaban J connectivity index is 1.81. The zero-order valence-corrected chi connectivity index (χ0v) is 16.0. The van der Waals surface area contributed by atoms with E-state index in [4.69, 9.17) is 11.6 Å². The van der Waals surface area contributed by atoms with Gasteiger partial charge in [0.2, 0.25) is 0 Å². The maximum absolute atomic E-state index is 12.6. The molecule has 1 heterocycles. The molecule has 0 spiro atoms. The van der Waals surface area contributed by atoms with Crippen molar-refractivity contribution in [2.45, 2.75) is 33.7 Å². The third-order valence-corrected chi connectivity index (χ3v) is 4.89. The summed E-state index contributed by atoms with van der Waals surface area (Å²) in [6, 6.07) is 15.4. The average molecular weight is 368 g/mol. The maximum Gasteiger partial charge on any atom is 0.255 e. The minimum atomic E-state index is -0.129. The summed E-state index contributed by atoms with van der Waals surface area (Å²) in [5, 5.41) is 8.27. The Bertz CT molecular complexity index is 929. The Morgan fingerprint density at radius 3 is 2.46 bits per heavy atom. The van der Waals surface area contributed by atoms with Crippen LogP contribution in [0.25, 0.3) is 0 Å². The summed E-state index contributed by atoms with van der Waals surface area (Å²) in [6.07, 6.45) is 0.953. The Morgan fingerprint density at radius 1 is 1.12 bits per heavy atom. The first-order valence-corrected chi connectivity index (χ1v) is 9.05. The van der Waals surface area contributed by atoms with Crippen molar-refractivity contribution in [2.24, 2.45) is 0 Å². The molecule has 0 aliphatic rings. The molecule has 2 aromatic carbocycles. The molecule has 5 heteroatoms. The Morgan fingerprint density at radius 2 is 1.81 bits per heavy atom. The molecule has 3 aromatic rings. The van der Waals surface area contributed by atoms with Crippen LogP contribution in [-0.2, 0) is 13.0 Å². The van der Waals surface area contributed by atoms with Crippen molar-refractivity contribution in [1.29, 1.82) is 0 Å². The van der Waals surface area contributed by atoms with Gasteiger partial charge >= 0.3 is 0 Å². The van der Waals surface area contributed by atoms with Crippen LogP contribution in [0.3, 0.4) is 0 Å². The lowest BCUT2D eigenvalue weighted by Gasteiger charge is -2.09. The molecule has 1 amide bonds. The van der Waals surface area contributed by atoms with Crippen LogP contribution in [0.1, 0.15) is 39.8 Å². The topological polar surface area (TPSA) is 46.9 Å². The first kappa shape index (κ1) is 18.2. The molecule has 1 N–H and O–H groups in total. The van der Waals surface area contributed by atoms with Crippen molar-refractivity contribution in [3.05, 3.63) is 81.6 Å². The number of aromatic nitrogens is 2. The highest BCUT2D eigenvalue weighted by molar-refractivity contribution is 6.31. The highest BCUT2D eigenvalue weighted by Crippen LogP contribution is 2.23. The van der Waals surface area contributed by atoms with E-state index in [-0.39, 0.29) is 5.91 Å². The van der Waals surface area contributed by atoms with Crippen LogP contribution in [0.2, 0.25) is 5.02 Å². The predicted molar refractivity (Wildman–Crippen MR) is 106 cm³/mol. The van der Waals surface area contributed by atoms with Gasteiger partial charge in [-0.3, -0.25) is 9.48 Å². The van der Waals surface area contributed by atoms with E-state index in [1.165, 1.54) is 5.56 Å². The summed E-state index contributed by atoms with van der Waals surface area (Å²) in [4.78, 5) is 12.6. The number of hydrogen-bond acceptors (Lipinski definition) is 2. The van der Waals surface area contributed by atoms with Gasteiger partial charge in [-0.05, 0) is 49.6 Å². The fourth-order valence-electron chi connectivity index (χ4n) is 2.90. The van der Waals surface area contributed by atoms with E-state index >= 15 is 0 Å². The molecule has 134 valence electrons. The number of anilines is 1. The number of halogens is 1. The van der Waals surface area contributed by atoms with Crippen LogP contribution >= 0.6 is 11.6 Å². The van der Waals surface area contributed by atoms with Gasteiger partial charge in [0.15, 0.2) is 0 Å². The Kier molecular flexibility index (Phi) is 5.43. The zero-order valence-electron chi connectivity index (χ0n) is 15.2. The standard InChI is InChI=1S/C21H22ClN3O/c1-4-16-9-11-17(12-10-16)21(26)23-20-14(2)24-25(15(20)3)13-18-7-5-6-8-19(18)22/h5-12H,4,13H2,1-3H3,(H,23,26). The summed E-state index contributed by atoms with van der Waals surface area (Å²) in [5.74, 6) is -0.129. The summed E-state index contributed by atoms with van der Waals surface area (Å²) in [5.41, 5.74) is 5.28. The van der Waals surface area contributed by atoms with E-state index in [0.29, 0.717) is 17.1 Å². The number of hydrogen-bond donors (Lipinski definition) is 1. The second-order valence-corrected chi connectivity index (χ2v) is 6.71. The molecule has 0 fully saturated rings. The highest BCUT2D eigenvalue weighted by Gasteiger charge is 2.16. The van der Waals surface area contributed by atoms with Crippen molar-refractivity contribution < 1.29 is 4.79 Å². The molecular weight excluding hydrogens is 346 g/mol. The van der Waals surface area contributed by atoms with Gasteiger partial charge < -0.3 is 5.32 Å². The summed E-state index contributed by atoms with van der Waals surface area (Å²) >= 11 is 6.25. The summed E-state index contributed by atoms with van der Waals surface area (Å²) in [6.45, 7) is 6.50. The second-order valence-electron chi connectivity index (χ2n) is 6.30. The fourth-order valence-corrected chi connectivity index (χ4v) is 3.09. The highest BCUT2D eigenvalue weighted by atomic mass is 35.5. The Hall–Kier alpha value is -2.59. The average Bonchev–Trinajstić information content (AvgIpc) is 2.91. The lowest BCUT2D eigenvalue weighted by atomic mass is 10.1. The quantitative estimate of drug-likeness (QED) is 0.688. The van der Waals surface area contributed by atoms with Crippen LogP contribution < -0.4 is 5.32 Å². The van der Waals surface area contributed by atoms with Gasteiger partial charge in [0.25, 0.3) is 5.91 Å². The van der Waals surface area contributed by atoms with Gasteiger partial charge in [-0.1, -0.05) is 48.9 Å². The number of benzene rings is 2. The van der Waals surface area contributed by atoms with Gasteiger partial charge in [-0.15, -0.1) is 0 Å². The Labute approximate surface area is 158 Å². The van der Waals surface area contributed by atoms with Crippen LogP contribution in [0.4, 0.5) is 5.69 Å². The number of rotatable bonds is 5. The summed E-state index contributed by atoms with van der Waals surface area (Å²) < 4.78 is 1.87. The van der Waals surface area contributed by atoms with Crippen LogP contribution in [0.15, 0.2) is 48.5 Å². The first-order chi connectivity index (χ1) is 12.5. The summed E-state index contributed by atoms with van der Waals surface area (Å²) in [7, 11) is 0. The molecular formula is C21H22ClN3O. The molecule has 0 radical (unpaired) electrons. The maximum atomic E-state index is 12.6. The molecule has 3 rings (SSSR count). The number of carbonyl (C=O) groups is 1. The minimum Gasteiger partial charge on any atom is -0.319 e. The zero-order chi connectivity index (χ0) is 18.7. The number of amides is 1. The molecule has 4 nitrogen and oxygen atoms in total.